The van der Waals surface area contributed by atoms with Crippen LogP contribution in [0.3, 0.4) is 0 Å². The first-order valence-corrected chi connectivity index (χ1v) is 10.1. The van der Waals surface area contributed by atoms with Crippen LogP contribution in [0.15, 0.2) is 66.7 Å². The van der Waals surface area contributed by atoms with Crippen molar-refractivity contribution in [1.29, 1.82) is 0 Å². The summed E-state index contributed by atoms with van der Waals surface area (Å²) in [4.78, 5) is 7.05. The Hall–Kier alpha value is -2.98. The maximum Gasteiger partial charge on any atom is 0.119 e. The summed E-state index contributed by atoms with van der Waals surface area (Å²) in [5, 5.41) is 6.44. The van der Waals surface area contributed by atoms with Gasteiger partial charge >= 0.3 is 0 Å². The van der Waals surface area contributed by atoms with E-state index in [2.05, 4.69) is 41.5 Å². The SMILES string of the molecule is COc1ccc2nc3cc(Cl)ccc3c(NCCCN(C)c3ccccc3)c2c1. The summed E-state index contributed by atoms with van der Waals surface area (Å²) in [6, 6.07) is 22.3. The number of methoxy groups -OCH3 is 1. The van der Waals surface area contributed by atoms with Crippen molar-refractivity contribution in [3.8, 4) is 5.75 Å². The molecule has 0 unspecified atom stereocenters. The van der Waals surface area contributed by atoms with Gasteiger partial charge in [-0.2, -0.15) is 0 Å². The van der Waals surface area contributed by atoms with Crippen LogP contribution in [-0.2, 0) is 0 Å². The second kappa shape index (κ2) is 8.58. The second-order valence-electron chi connectivity index (χ2n) is 7.07. The van der Waals surface area contributed by atoms with Crippen LogP contribution in [0.1, 0.15) is 6.42 Å². The van der Waals surface area contributed by atoms with Crippen LogP contribution < -0.4 is 15.0 Å². The van der Waals surface area contributed by atoms with E-state index in [1.165, 1.54) is 5.69 Å². The number of benzene rings is 3. The van der Waals surface area contributed by atoms with Crippen LogP contribution >= 0.6 is 11.6 Å². The molecule has 4 aromatic rings. The summed E-state index contributed by atoms with van der Waals surface area (Å²) >= 11 is 6.20. The third-order valence-corrected chi connectivity index (χ3v) is 5.35. The smallest absolute Gasteiger partial charge is 0.119 e. The molecule has 0 saturated carbocycles. The van der Waals surface area contributed by atoms with E-state index in [4.69, 9.17) is 21.3 Å². The number of hydrogen-bond donors (Lipinski definition) is 1. The lowest BCUT2D eigenvalue weighted by molar-refractivity contribution is 0.415. The van der Waals surface area contributed by atoms with Crippen molar-refractivity contribution in [3.05, 3.63) is 71.8 Å². The fourth-order valence-corrected chi connectivity index (χ4v) is 3.72. The van der Waals surface area contributed by atoms with Gasteiger partial charge in [-0.25, -0.2) is 4.98 Å². The highest BCUT2D eigenvalue weighted by atomic mass is 35.5. The van der Waals surface area contributed by atoms with Gasteiger partial charge in [-0.3, -0.25) is 0 Å². The number of ether oxygens (including phenoxy) is 1. The molecule has 1 heterocycles. The van der Waals surface area contributed by atoms with Crippen molar-refractivity contribution in [1.82, 2.24) is 4.98 Å². The minimum Gasteiger partial charge on any atom is -0.497 e. The van der Waals surface area contributed by atoms with E-state index >= 15 is 0 Å². The van der Waals surface area contributed by atoms with E-state index < -0.39 is 0 Å². The van der Waals surface area contributed by atoms with Crippen LogP contribution in [0.25, 0.3) is 21.8 Å². The summed E-state index contributed by atoms with van der Waals surface area (Å²) in [5.41, 5.74) is 4.11. The number of nitrogens with zero attached hydrogens (tertiary/aromatic N) is 2. The van der Waals surface area contributed by atoms with Crippen molar-refractivity contribution in [2.45, 2.75) is 6.42 Å². The third-order valence-electron chi connectivity index (χ3n) is 5.11. The Balaban J connectivity index is 1.58. The Labute approximate surface area is 176 Å². The molecule has 0 spiro atoms. The number of halogens is 1. The van der Waals surface area contributed by atoms with Gasteiger partial charge in [0.05, 0.1) is 23.8 Å². The van der Waals surface area contributed by atoms with Gasteiger partial charge < -0.3 is 15.0 Å². The van der Waals surface area contributed by atoms with E-state index in [1.54, 1.807) is 7.11 Å². The summed E-state index contributed by atoms with van der Waals surface area (Å²) in [6.45, 7) is 1.82. The maximum atomic E-state index is 6.20. The Morgan fingerprint density at radius 2 is 1.79 bits per heavy atom. The van der Waals surface area contributed by atoms with Crippen molar-refractivity contribution in [2.75, 3.05) is 37.5 Å². The highest BCUT2D eigenvalue weighted by Gasteiger charge is 2.11. The minimum atomic E-state index is 0.688. The second-order valence-corrected chi connectivity index (χ2v) is 7.51. The number of anilines is 2. The zero-order valence-electron chi connectivity index (χ0n) is 16.7. The van der Waals surface area contributed by atoms with Crippen LogP contribution in [0.2, 0.25) is 5.02 Å². The fourth-order valence-electron chi connectivity index (χ4n) is 3.56. The highest BCUT2D eigenvalue weighted by Crippen LogP contribution is 2.34. The molecule has 0 amide bonds. The molecule has 4 nitrogen and oxygen atoms in total. The summed E-state index contributed by atoms with van der Waals surface area (Å²) in [5.74, 6) is 0.819. The normalized spacial score (nSPS) is 11.0. The Kier molecular flexibility index (Phi) is 5.72. The molecule has 0 fully saturated rings. The molecule has 1 aromatic heterocycles. The number of pyridine rings is 1. The van der Waals surface area contributed by atoms with Crippen LogP contribution in [-0.4, -0.2) is 32.2 Å². The van der Waals surface area contributed by atoms with Crippen molar-refractivity contribution in [2.24, 2.45) is 0 Å². The number of nitrogens with one attached hydrogen (secondary N) is 1. The number of para-hydroxylation sites is 1. The van der Waals surface area contributed by atoms with Gasteiger partial charge in [-0.05, 0) is 55.0 Å². The number of rotatable bonds is 7. The van der Waals surface area contributed by atoms with E-state index in [0.717, 1.165) is 52.8 Å². The first-order chi connectivity index (χ1) is 14.2. The molecule has 0 atom stereocenters. The predicted molar refractivity (Wildman–Crippen MR) is 124 cm³/mol. The highest BCUT2D eigenvalue weighted by molar-refractivity contribution is 6.31. The quantitative estimate of drug-likeness (QED) is 0.303. The Bertz CT molecular complexity index is 1130. The van der Waals surface area contributed by atoms with E-state index in [1.807, 2.05) is 42.5 Å². The lowest BCUT2D eigenvalue weighted by atomic mass is 10.1. The van der Waals surface area contributed by atoms with Gasteiger partial charge in [-0.15, -0.1) is 0 Å². The average Bonchev–Trinajstić information content (AvgIpc) is 2.76. The zero-order valence-corrected chi connectivity index (χ0v) is 17.4. The summed E-state index contributed by atoms with van der Waals surface area (Å²) in [6.07, 6.45) is 1.01. The lowest BCUT2D eigenvalue weighted by Crippen LogP contribution is -2.20. The largest absolute Gasteiger partial charge is 0.497 e. The molecule has 0 aliphatic rings. The molecule has 0 aliphatic heterocycles. The third kappa shape index (κ3) is 4.22. The van der Waals surface area contributed by atoms with Gasteiger partial charge in [0.2, 0.25) is 0 Å². The topological polar surface area (TPSA) is 37.4 Å². The number of aromatic nitrogens is 1. The van der Waals surface area contributed by atoms with Gasteiger partial charge in [0.1, 0.15) is 5.75 Å². The Morgan fingerprint density at radius 3 is 2.59 bits per heavy atom. The van der Waals surface area contributed by atoms with Crippen molar-refractivity contribution in [3.63, 3.8) is 0 Å². The van der Waals surface area contributed by atoms with E-state index in [0.29, 0.717) is 5.02 Å². The van der Waals surface area contributed by atoms with Crippen molar-refractivity contribution < 1.29 is 4.74 Å². The average molecular weight is 406 g/mol. The monoisotopic (exact) mass is 405 g/mol. The molecule has 0 radical (unpaired) electrons. The molecular weight excluding hydrogens is 382 g/mol. The lowest BCUT2D eigenvalue weighted by Gasteiger charge is -2.20. The molecule has 0 saturated heterocycles. The summed E-state index contributed by atoms with van der Waals surface area (Å²) < 4.78 is 5.43. The number of fused-ring (bicyclic) bond motifs is 2. The maximum absolute atomic E-state index is 6.20. The van der Waals surface area contributed by atoms with Gasteiger partial charge in [0, 0.05) is 41.6 Å². The molecular formula is C24H24ClN3O. The summed E-state index contributed by atoms with van der Waals surface area (Å²) in [7, 11) is 3.81. The molecule has 0 bridgehead atoms. The first-order valence-electron chi connectivity index (χ1n) is 9.73. The van der Waals surface area contributed by atoms with Gasteiger partial charge in [0.25, 0.3) is 0 Å². The first kappa shape index (κ1) is 19.3. The van der Waals surface area contributed by atoms with E-state index in [-0.39, 0.29) is 0 Å². The molecule has 148 valence electrons. The molecule has 0 aliphatic carbocycles. The molecule has 1 N–H and O–H groups in total. The van der Waals surface area contributed by atoms with Crippen LogP contribution in [0.5, 0.6) is 5.75 Å². The van der Waals surface area contributed by atoms with Crippen LogP contribution in [0, 0.1) is 0 Å². The molecule has 5 heteroatoms. The van der Waals surface area contributed by atoms with Gasteiger partial charge in [0.15, 0.2) is 0 Å². The van der Waals surface area contributed by atoms with E-state index in [9.17, 15) is 0 Å². The molecule has 4 rings (SSSR count). The molecule has 3 aromatic carbocycles. The zero-order chi connectivity index (χ0) is 20.2. The molecule has 29 heavy (non-hydrogen) atoms. The van der Waals surface area contributed by atoms with Crippen LogP contribution in [0.4, 0.5) is 11.4 Å². The standard InChI is InChI=1S/C24H24ClN3O/c1-28(18-7-4-3-5-8-18)14-6-13-26-24-20-11-9-17(25)15-23(20)27-22-12-10-19(29-2)16-21(22)24/h3-5,7-12,15-16H,6,13-14H2,1-2H3,(H,26,27). The fraction of sp³-hybridized carbons (Fsp3) is 0.208. The number of hydrogen-bond acceptors (Lipinski definition) is 4. The predicted octanol–water partition coefficient (Wildman–Crippen LogP) is 5.99. The Morgan fingerprint density at radius 1 is 0.966 bits per heavy atom. The minimum absolute atomic E-state index is 0.688. The van der Waals surface area contributed by atoms with Gasteiger partial charge in [-0.1, -0.05) is 29.8 Å². The van der Waals surface area contributed by atoms with Crippen molar-refractivity contribution >= 4 is 44.8 Å².